The molecular formula is C16H19N3OS. The van der Waals surface area contributed by atoms with E-state index in [1.165, 1.54) is 5.56 Å². The Bertz CT molecular complexity index is 652. The Morgan fingerprint density at radius 3 is 3.05 bits per heavy atom. The zero-order valence-corrected chi connectivity index (χ0v) is 13.1. The summed E-state index contributed by atoms with van der Waals surface area (Å²) in [5.41, 5.74) is 3.34. The van der Waals surface area contributed by atoms with Gasteiger partial charge in [0.05, 0.1) is 10.7 Å². The van der Waals surface area contributed by atoms with Crippen molar-refractivity contribution in [1.29, 1.82) is 0 Å². The van der Waals surface area contributed by atoms with Crippen LogP contribution in [0.3, 0.4) is 0 Å². The average molecular weight is 301 g/mol. The lowest BCUT2D eigenvalue weighted by atomic mass is 10.0. The minimum Gasteiger partial charge on any atom is -0.337 e. The van der Waals surface area contributed by atoms with Gasteiger partial charge < -0.3 is 5.32 Å². The lowest BCUT2D eigenvalue weighted by Crippen LogP contribution is -2.40. The van der Waals surface area contributed by atoms with Gasteiger partial charge in [0.2, 0.25) is 0 Å². The third kappa shape index (κ3) is 2.93. The Kier molecular flexibility index (Phi) is 3.92. The van der Waals surface area contributed by atoms with E-state index in [2.05, 4.69) is 28.7 Å². The highest BCUT2D eigenvalue weighted by molar-refractivity contribution is 7.09. The van der Waals surface area contributed by atoms with E-state index < -0.39 is 0 Å². The second-order valence-electron chi connectivity index (χ2n) is 5.41. The second-order valence-corrected chi connectivity index (χ2v) is 6.47. The molecule has 1 aromatic heterocycles. The van der Waals surface area contributed by atoms with E-state index in [1.54, 1.807) is 11.3 Å². The summed E-state index contributed by atoms with van der Waals surface area (Å²) < 4.78 is 0. The average Bonchev–Trinajstić information content (AvgIpc) is 3.04. The normalized spacial score (nSPS) is 16.9. The Labute approximate surface area is 128 Å². The Morgan fingerprint density at radius 2 is 2.29 bits per heavy atom. The Hall–Kier alpha value is -1.88. The maximum Gasteiger partial charge on any atom is 0.321 e. The number of anilines is 1. The van der Waals surface area contributed by atoms with Crippen molar-refractivity contribution >= 4 is 23.1 Å². The molecule has 0 aliphatic carbocycles. The first-order chi connectivity index (χ1) is 10.1. The van der Waals surface area contributed by atoms with Crippen molar-refractivity contribution in [3.8, 4) is 0 Å². The van der Waals surface area contributed by atoms with Gasteiger partial charge >= 0.3 is 6.03 Å². The first-order valence-corrected chi connectivity index (χ1v) is 8.08. The number of hydrogen-bond donors (Lipinski definition) is 1. The minimum absolute atomic E-state index is 0.0150. The summed E-state index contributed by atoms with van der Waals surface area (Å²) in [6.07, 6.45) is 0.779. The molecule has 5 heteroatoms. The van der Waals surface area contributed by atoms with E-state index >= 15 is 0 Å². The zero-order valence-electron chi connectivity index (χ0n) is 12.3. The van der Waals surface area contributed by atoms with Crippen LogP contribution in [0.15, 0.2) is 29.6 Å². The maximum absolute atomic E-state index is 12.3. The third-order valence-electron chi connectivity index (χ3n) is 3.78. The largest absolute Gasteiger partial charge is 0.337 e. The number of hydrogen-bond acceptors (Lipinski definition) is 3. The first-order valence-electron chi connectivity index (χ1n) is 7.20. The number of nitrogens with zero attached hydrogens (tertiary/aromatic N) is 2. The van der Waals surface area contributed by atoms with Gasteiger partial charge in [-0.3, -0.25) is 4.90 Å². The van der Waals surface area contributed by atoms with Crippen molar-refractivity contribution in [3.05, 3.63) is 45.9 Å². The van der Waals surface area contributed by atoms with Crippen molar-refractivity contribution in [3.63, 3.8) is 0 Å². The number of urea groups is 1. The van der Waals surface area contributed by atoms with Gasteiger partial charge in [-0.2, -0.15) is 0 Å². The standard InChI is InChI=1S/C16H19N3OS/c1-11-9-19(15-6-4-3-5-14(11)15)16(20)17-8-7-13-10-21-12(2)18-13/h3-6,10-11H,7-9H2,1-2H3,(H,17,20). The van der Waals surface area contributed by atoms with Gasteiger partial charge in [0.25, 0.3) is 0 Å². The summed E-state index contributed by atoms with van der Waals surface area (Å²) in [5.74, 6) is 0.396. The fraction of sp³-hybridized carbons (Fsp3) is 0.375. The number of para-hydroxylation sites is 1. The highest BCUT2D eigenvalue weighted by Crippen LogP contribution is 2.35. The Morgan fingerprint density at radius 1 is 1.48 bits per heavy atom. The van der Waals surface area contributed by atoms with Crippen LogP contribution in [0.1, 0.15) is 29.1 Å². The van der Waals surface area contributed by atoms with Crippen molar-refractivity contribution in [1.82, 2.24) is 10.3 Å². The molecule has 2 amide bonds. The molecule has 21 heavy (non-hydrogen) atoms. The van der Waals surface area contributed by atoms with E-state index in [0.717, 1.165) is 29.4 Å². The van der Waals surface area contributed by atoms with Crippen LogP contribution in [0, 0.1) is 6.92 Å². The molecule has 1 aliphatic heterocycles. The smallest absolute Gasteiger partial charge is 0.321 e. The molecule has 1 N–H and O–H groups in total. The Balaban J connectivity index is 1.59. The number of carbonyl (C=O) groups is 1. The lowest BCUT2D eigenvalue weighted by Gasteiger charge is -2.18. The van der Waals surface area contributed by atoms with Gasteiger partial charge in [-0.1, -0.05) is 25.1 Å². The third-order valence-corrected chi connectivity index (χ3v) is 4.61. The maximum atomic E-state index is 12.3. The van der Waals surface area contributed by atoms with Crippen molar-refractivity contribution in [2.24, 2.45) is 0 Å². The predicted molar refractivity (Wildman–Crippen MR) is 86.2 cm³/mol. The topological polar surface area (TPSA) is 45.2 Å². The van der Waals surface area contributed by atoms with E-state index in [-0.39, 0.29) is 6.03 Å². The molecule has 0 saturated carbocycles. The molecule has 1 unspecified atom stereocenters. The quantitative estimate of drug-likeness (QED) is 0.945. The molecule has 1 aromatic carbocycles. The highest BCUT2D eigenvalue weighted by atomic mass is 32.1. The molecule has 0 radical (unpaired) electrons. The predicted octanol–water partition coefficient (Wildman–Crippen LogP) is 3.33. The van der Waals surface area contributed by atoms with Crippen LogP contribution in [0.4, 0.5) is 10.5 Å². The van der Waals surface area contributed by atoms with Crippen molar-refractivity contribution in [2.45, 2.75) is 26.2 Å². The molecular weight excluding hydrogens is 282 g/mol. The summed E-state index contributed by atoms with van der Waals surface area (Å²) in [6, 6.07) is 8.11. The number of rotatable bonds is 3. The van der Waals surface area contributed by atoms with Crippen LogP contribution in [-0.4, -0.2) is 24.1 Å². The summed E-state index contributed by atoms with van der Waals surface area (Å²) in [5, 5.41) is 6.11. The number of aryl methyl sites for hydroxylation is 1. The number of carbonyl (C=O) groups excluding carboxylic acids is 1. The van der Waals surface area contributed by atoms with Gasteiger partial charge in [-0.25, -0.2) is 9.78 Å². The van der Waals surface area contributed by atoms with Crippen molar-refractivity contribution < 1.29 is 4.79 Å². The van der Waals surface area contributed by atoms with Crippen LogP contribution in [0.2, 0.25) is 0 Å². The number of aromatic nitrogens is 1. The van der Waals surface area contributed by atoms with Crippen LogP contribution in [0.25, 0.3) is 0 Å². The SMILES string of the molecule is Cc1nc(CCNC(=O)N2CC(C)c3ccccc32)cs1. The van der Waals surface area contributed by atoms with Gasteiger partial charge in [0.15, 0.2) is 0 Å². The van der Waals surface area contributed by atoms with Gasteiger partial charge in [-0.15, -0.1) is 11.3 Å². The molecule has 0 saturated heterocycles. The number of nitrogens with one attached hydrogen (secondary N) is 1. The second kappa shape index (κ2) is 5.85. The first kappa shape index (κ1) is 14.1. The molecule has 0 spiro atoms. The summed E-state index contributed by atoms with van der Waals surface area (Å²) in [4.78, 5) is 18.6. The van der Waals surface area contributed by atoms with Crippen LogP contribution < -0.4 is 10.2 Å². The highest BCUT2D eigenvalue weighted by Gasteiger charge is 2.29. The van der Waals surface area contributed by atoms with Gasteiger partial charge in [0, 0.05) is 36.5 Å². The van der Waals surface area contributed by atoms with Crippen LogP contribution >= 0.6 is 11.3 Å². The van der Waals surface area contributed by atoms with Gasteiger partial charge in [-0.05, 0) is 18.6 Å². The number of thiazole rings is 1. The van der Waals surface area contributed by atoms with E-state index in [0.29, 0.717) is 12.5 Å². The van der Waals surface area contributed by atoms with E-state index in [4.69, 9.17) is 0 Å². The molecule has 1 atom stereocenters. The fourth-order valence-electron chi connectivity index (χ4n) is 2.73. The molecule has 4 nitrogen and oxygen atoms in total. The molecule has 0 fully saturated rings. The zero-order chi connectivity index (χ0) is 14.8. The van der Waals surface area contributed by atoms with E-state index in [1.807, 2.05) is 30.0 Å². The molecule has 2 heterocycles. The molecule has 1 aliphatic rings. The van der Waals surface area contributed by atoms with Crippen molar-refractivity contribution in [2.75, 3.05) is 18.0 Å². The molecule has 0 bridgehead atoms. The van der Waals surface area contributed by atoms with Crippen LogP contribution in [0.5, 0.6) is 0 Å². The molecule has 3 rings (SSSR count). The van der Waals surface area contributed by atoms with Gasteiger partial charge in [0.1, 0.15) is 0 Å². The number of benzene rings is 1. The minimum atomic E-state index is -0.0150. The number of fused-ring (bicyclic) bond motifs is 1. The molecule has 110 valence electrons. The summed E-state index contributed by atoms with van der Waals surface area (Å²) in [6.45, 7) is 5.52. The summed E-state index contributed by atoms with van der Waals surface area (Å²) in [7, 11) is 0. The fourth-order valence-corrected chi connectivity index (χ4v) is 3.38. The van der Waals surface area contributed by atoms with E-state index in [9.17, 15) is 4.79 Å². The lowest BCUT2D eigenvalue weighted by molar-refractivity contribution is 0.246. The number of amides is 2. The van der Waals surface area contributed by atoms with Crippen LogP contribution in [-0.2, 0) is 6.42 Å². The summed E-state index contributed by atoms with van der Waals surface area (Å²) >= 11 is 1.65. The monoisotopic (exact) mass is 301 g/mol. The molecule has 2 aromatic rings.